The third-order valence-corrected chi connectivity index (χ3v) is 7.98. The first-order chi connectivity index (χ1) is 18.9. The first kappa shape index (κ1) is 26.7. The van der Waals surface area contributed by atoms with Crippen LogP contribution >= 0.6 is 11.3 Å². The second kappa shape index (κ2) is 11.9. The first-order valence-electron chi connectivity index (χ1n) is 13.0. The summed E-state index contributed by atoms with van der Waals surface area (Å²) < 4.78 is 25.5. The number of fused-ring (bicyclic) bond motifs is 1. The molecule has 0 aliphatic carbocycles. The lowest BCUT2D eigenvalue weighted by Gasteiger charge is -2.37. The van der Waals surface area contributed by atoms with Crippen molar-refractivity contribution in [3.63, 3.8) is 0 Å². The molecule has 0 spiro atoms. The monoisotopic (exact) mass is 546 g/mol. The van der Waals surface area contributed by atoms with Crippen LogP contribution in [-0.4, -0.2) is 41.3 Å². The van der Waals surface area contributed by atoms with Gasteiger partial charge < -0.3 is 19.0 Å². The molecule has 2 aromatic heterocycles. The summed E-state index contributed by atoms with van der Waals surface area (Å²) in [6, 6.07) is 18.8. The van der Waals surface area contributed by atoms with Gasteiger partial charge in [0.2, 0.25) is 5.91 Å². The standard InChI is InChI=1S/C31H31FN2O4S/c1-21(2)22-8-10-25(11-9-22)38-20-28-27-13-16-39-29(27)12-14-34(28)30(35)19-33(18-26-7-4-15-37-26)31(36)23-5-3-6-24(32)17-23/h3-11,13,15-17,21,28H,12,14,18-20H2,1-2H3/t28-/m1/s1. The van der Waals surface area contributed by atoms with Crippen molar-refractivity contribution >= 4 is 23.2 Å². The largest absolute Gasteiger partial charge is 0.491 e. The molecule has 39 heavy (non-hydrogen) atoms. The molecule has 3 heterocycles. The smallest absolute Gasteiger partial charge is 0.254 e. The number of nitrogens with zero attached hydrogens (tertiary/aromatic N) is 2. The van der Waals surface area contributed by atoms with Crippen molar-refractivity contribution in [1.82, 2.24) is 9.80 Å². The van der Waals surface area contributed by atoms with Gasteiger partial charge in [-0.25, -0.2) is 4.39 Å². The Morgan fingerprint density at radius 2 is 1.95 bits per heavy atom. The molecule has 0 radical (unpaired) electrons. The van der Waals surface area contributed by atoms with E-state index in [1.165, 1.54) is 39.8 Å². The highest BCUT2D eigenvalue weighted by atomic mass is 32.1. The number of hydrogen-bond donors (Lipinski definition) is 0. The number of benzene rings is 2. The van der Waals surface area contributed by atoms with Crippen LogP contribution in [0.4, 0.5) is 4.39 Å². The molecule has 0 saturated carbocycles. The summed E-state index contributed by atoms with van der Waals surface area (Å²) in [6.45, 7) is 5.04. The van der Waals surface area contributed by atoms with Gasteiger partial charge >= 0.3 is 0 Å². The molecular weight excluding hydrogens is 515 g/mol. The van der Waals surface area contributed by atoms with Crippen LogP contribution < -0.4 is 4.74 Å². The molecule has 2 amide bonds. The van der Waals surface area contributed by atoms with Crippen molar-refractivity contribution < 1.29 is 23.1 Å². The van der Waals surface area contributed by atoms with Crippen LogP contribution in [0.25, 0.3) is 0 Å². The summed E-state index contributed by atoms with van der Waals surface area (Å²) in [5.74, 6) is 0.561. The van der Waals surface area contributed by atoms with Gasteiger partial charge in [-0.15, -0.1) is 11.3 Å². The third kappa shape index (κ3) is 6.23. The third-order valence-electron chi connectivity index (χ3n) is 6.98. The Morgan fingerprint density at radius 3 is 2.67 bits per heavy atom. The fraction of sp³-hybridized carbons (Fsp3) is 0.290. The minimum absolute atomic E-state index is 0.0923. The normalized spacial score (nSPS) is 14.8. The number of amides is 2. The predicted octanol–water partition coefficient (Wildman–Crippen LogP) is 6.45. The fourth-order valence-corrected chi connectivity index (χ4v) is 5.78. The minimum atomic E-state index is -0.509. The van der Waals surface area contributed by atoms with Crippen molar-refractivity contribution in [1.29, 1.82) is 0 Å². The van der Waals surface area contributed by atoms with E-state index in [9.17, 15) is 14.0 Å². The van der Waals surface area contributed by atoms with E-state index in [-0.39, 0.29) is 30.6 Å². The highest BCUT2D eigenvalue weighted by Crippen LogP contribution is 2.34. The van der Waals surface area contributed by atoms with Gasteiger partial charge in [-0.1, -0.05) is 32.0 Å². The van der Waals surface area contributed by atoms with Gasteiger partial charge in [0.25, 0.3) is 5.91 Å². The summed E-state index contributed by atoms with van der Waals surface area (Å²) in [5, 5.41) is 2.04. The molecule has 0 bridgehead atoms. The Balaban J connectivity index is 1.36. The minimum Gasteiger partial charge on any atom is -0.491 e. The maximum Gasteiger partial charge on any atom is 0.254 e. The molecule has 0 unspecified atom stereocenters. The summed E-state index contributed by atoms with van der Waals surface area (Å²) in [5.41, 5.74) is 2.49. The zero-order valence-corrected chi connectivity index (χ0v) is 22.8. The molecule has 1 aliphatic rings. The number of thiophene rings is 1. The van der Waals surface area contributed by atoms with Gasteiger partial charge in [0.05, 0.1) is 18.8 Å². The lowest BCUT2D eigenvalue weighted by atomic mass is 10.00. The Bertz CT molecular complexity index is 1410. The molecule has 8 heteroatoms. The number of carbonyl (C=O) groups is 2. The summed E-state index contributed by atoms with van der Waals surface area (Å²) in [7, 11) is 0. The number of rotatable bonds is 9. The molecule has 202 valence electrons. The molecule has 1 aliphatic heterocycles. The number of hydrogen-bond acceptors (Lipinski definition) is 5. The van der Waals surface area contributed by atoms with Crippen molar-refractivity contribution in [2.24, 2.45) is 0 Å². The number of ether oxygens (including phenoxy) is 1. The Labute approximate surface area is 231 Å². The fourth-order valence-electron chi connectivity index (χ4n) is 4.85. The van der Waals surface area contributed by atoms with Gasteiger partial charge in [0.15, 0.2) is 0 Å². The van der Waals surface area contributed by atoms with Crippen molar-refractivity contribution in [3.05, 3.63) is 112 Å². The number of halogens is 1. The van der Waals surface area contributed by atoms with Gasteiger partial charge in [0, 0.05) is 17.0 Å². The quantitative estimate of drug-likeness (QED) is 0.242. The van der Waals surface area contributed by atoms with Crippen LogP contribution in [0, 0.1) is 5.82 Å². The molecule has 0 saturated heterocycles. The highest BCUT2D eigenvalue weighted by Gasteiger charge is 2.34. The Kier molecular flexibility index (Phi) is 8.12. The molecule has 5 rings (SSSR count). The lowest BCUT2D eigenvalue weighted by molar-refractivity contribution is -0.135. The summed E-state index contributed by atoms with van der Waals surface area (Å²) >= 11 is 1.68. The van der Waals surface area contributed by atoms with Gasteiger partial charge in [-0.2, -0.15) is 0 Å². The van der Waals surface area contributed by atoms with Crippen molar-refractivity contribution in [3.8, 4) is 5.75 Å². The molecule has 0 fully saturated rings. The predicted molar refractivity (Wildman–Crippen MR) is 148 cm³/mol. The van der Waals surface area contributed by atoms with Gasteiger partial charge in [0.1, 0.15) is 30.5 Å². The average molecular weight is 547 g/mol. The van der Waals surface area contributed by atoms with Crippen molar-refractivity contribution in [2.75, 3.05) is 19.7 Å². The Hall–Kier alpha value is -3.91. The van der Waals surface area contributed by atoms with Crippen molar-refractivity contribution in [2.45, 2.75) is 38.8 Å². The molecule has 0 N–H and O–H groups in total. The number of carbonyl (C=O) groups excluding carboxylic acids is 2. The average Bonchev–Trinajstić information content (AvgIpc) is 3.63. The molecule has 4 aromatic rings. The van der Waals surface area contributed by atoms with E-state index >= 15 is 0 Å². The van der Waals surface area contributed by atoms with Crippen LogP contribution in [0.2, 0.25) is 0 Å². The van der Waals surface area contributed by atoms with E-state index in [0.717, 1.165) is 17.7 Å². The molecule has 6 nitrogen and oxygen atoms in total. The van der Waals surface area contributed by atoms with Crippen LogP contribution in [0.1, 0.15) is 57.9 Å². The van der Waals surface area contributed by atoms with E-state index in [4.69, 9.17) is 9.15 Å². The van der Waals surface area contributed by atoms with Gasteiger partial charge in [-0.05, 0) is 77.4 Å². The number of furan rings is 1. The summed E-state index contributed by atoms with van der Waals surface area (Å²) in [6.07, 6.45) is 2.26. The van der Waals surface area contributed by atoms with Crippen LogP contribution in [0.15, 0.2) is 82.8 Å². The Morgan fingerprint density at radius 1 is 1.13 bits per heavy atom. The SMILES string of the molecule is CC(C)c1ccc(OC[C@@H]2c3ccsc3CCN2C(=O)CN(Cc2ccco2)C(=O)c2cccc(F)c2)cc1. The van der Waals surface area contributed by atoms with E-state index in [1.54, 1.807) is 34.4 Å². The van der Waals surface area contributed by atoms with Crippen LogP contribution in [-0.2, 0) is 17.8 Å². The van der Waals surface area contributed by atoms with E-state index in [1.807, 2.05) is 23.6 Å². The maximum atomic E-state index is 13.9. The lowest BCUT2D eigenvalue weighted by Crippen LogP contribution is -2.47. The molecule has 2 aromatic carbocycles. The second-order valence-corrected chi connectivity index (χ2v) is 10.9. The first-order valence-corrected chi connectivity index (χ1v) is 13.9. The van der Waals surface area contributed by atoms with E-state index in [0.29, 0.717) is 24.8 Å². The maximum absolute atomic E-state index is 13.9. The molecular formula is C31H31FN2O4S. The topological polar surface area (TPSA) is 63.0 Å². The molecule has 1 atom stereocenters. The highest BCUT2D eigenvalue weighted by molar-refractivity contribution is 7.10. The second-order valence-electron chi connectivity index (χ2n) is 9.94. The van der Waals surface area contributed by atoms with Gasteiger partial charge in [-0.3, -0.25) is 9.59 Å². The summed E-state index contributed by atoms with van der Waals surface area (Å²) in [4.78, 5) is 31.6. The zero-order valence-electron chi connectivity index (χ0n) is 22.0. The zero-order chi connectivity index (χ0) is 27.4. The van der Waals surface area contributed by atoms with Crippen LogP contribution in [0.3, 0.4) is 0 Å². The van der Waals surface area contributed by atoms with Crippen LogP contribution in [0.5, 0.6) is 5.75 Å². The van der Waals surface area contributed by atoms with E-state index in [2.05, 4.69) is 26.0 Å². The van der Waals surface area contributed by atoms with E-state index < -0.39 is 11.7 Å².